The molecule has 0 spiro atoms. The minimum atomic E-state index is -0.518. The second kappa shape index (κ2) is 4.24. The lowest BCUT2D eigenvalue weighted by atomic mass is 10.3. The monoisotopic (exact) mass is 223 g/mol. The van der Waals surface area contributed by atoms with Crippen molar-refractivity contribution in [2.24, 2.45) is 0 Å². The van der Waals surface area contributed by atoms with Gasteiger partial charge in [-0.1, -0.05) is 6.07 Å². The summed E-state index contributed by atoms with van der Waals surface area (Å²) < 4.78 is 0. The van der Waals surface area contributed by atoms with Gasteiger partial charge in [0.25, 0.3) is 0 Å². The van der Waals surface area contributed by atoms with Gasteiger partial charge in [-0.15, -0.1) is 11.8 Å². The van der Waals surface area contributed by atoms with Crippen LogP contribution in [0.4, 0.5) is 5.69 Å². The van der Waals surface area contributed by atoms with Crippen LogP contribution in [0.15, 0.2) is 29.2 Å². The number of thioether (sulfide) groups is 1. The average Bonchev–Trinajstić information content (AvgIpc) is 2.58. The van der Waals surface area contributed by atoms with E-state index in [4.69, 9.17) is 0 Å². The van der Waals surface area contributed by atoms with Gasteiger partial charge < -0.3 is 10.0 Å². The third-order valence-corrected chi connectivity index (χ3v) is 3.19. The third kappa shape index (κ3) is 2.16. The molecule has 15 heavy (non-hydrogen) atoms. The van der Waals surface area contributed by atoms with Gasteiger partial charge in [0.2, 0.25) is 5.91 Å². The molecule has 1 aromatic rings. The zero-order valence-electron chi connectivity index (χ0n) is 8.51. The van der Waals surface area contributed by atoms with Crippen LogP contribution in [-0.4, -0.2) is 29.9 Å². The Balaban J connectivity index is 2.25. The third-order valence-electron chi connectivity index (χ3n) is 2.47. The van der Waals surface area contributed by atoms with Gasteiger partial charge in [-0.3, -0.25) is 4.79 Å². The summed E-state index contributed by atoms with van der Waals surface area (Å²) in [5, 5.41) is 9.39. The number of benzene rings is 1. The van der Waals surface area contributed by atoms with Gasteiger partial charge in [0.05, 0.1) is 19.1 Å². The summed E-state index contributed by atoms with van der Waals surface area (Å²) in [4.78, 5) is 14.3. The maximum absolute atomic E-state index is 11.5. The number of rotatable bonds is 2. The van der Waals surface area contributed by atoms with Crippen LogP contribution in [0.2, 0.25) is 0 Å². The number of anilines is 1. The van der Waals surface area contributed by atoms with Gasteiger partial charge in [0, 0.05) is 10.6 Å². The zero-order chi connectivity index (χ0) is 10.8. The Morgan fingerprint density at radius 2 is 2.33 bits per heavy atom. The number of hydrogen-bond acceptors (Lipinski definition) is 3. The van der Waals surface area contributed by atoms with Crippen LogP contribution in [0.3, 0.4) is 0 Å². The molecule has 1 unspecified atom stereocenters. The number of carbonyl (C=O) groups excluding carboxylic acids is 1. The number of hydrogen-bond donors (Lipinski definition) is 1. The molecule has 3 nitrogen and oxygen atoms in total. The fourth-order valence-corrected chi connectivity index (χ4v) is 2.17. The Labute approximate surface area is 93.1 Å². The van der Waals surface area contributed by atoms with Gasteiger partial charge in [-0.2, -0.15) is 0 Å². The van der Waals surface area contributed by atoms with Crippen LogP contribution in [0.1, 0.15) is 6.42 Å². The van der Waals surface area contributed by atoms with Crippen LogP contribution in [0, 0.1) is 0 Å². The number of amides is 1. The van der Waals surface area contributed by atoms with E-state index >= 15 is 0 Å². The van der Waals surface area contributed by atoms with Crippen molar-refractivity contribution in [1.82, 2.24) is 0 Å². The number of carbonyl (C=O) groups is 1. The van der Waals surface area contributed by atoms with E-state index in [1.54, 1.807) is 16.7 Å². The summed E-state index contributed by atoms with van der Waals surface area (Å²) in [6.07, 6.45) is 1.72. The maximum atomic E-state index is 11.5. The molecule has 1 aliphatic heterocycles. The Kier molecular flexibility index (Phi) is 2.98. The van der Waals surface area contributed by atoms with Gasteiger partial charge in [0.1, 0.15) is 0 Å². The Bertz CT molecular complexity index is 381. The Morgan fingerprint density at radius 1 is 1.53 bits per heavy atom. The first-order valence-corrected chi connectivity index (χ1v) is 6.05. The lowest BCUT2D eigenvalue weighted by Crippen LogP contribution is -2.25. The number of nitrogens with zero attached hydrogens (tertiary/aromatic N) is 1. The normalized spacial score (nSPS) is 21.1. The Hall–Kier alpha value is -1.00. The predicted octanol–water partition coefficient (Wildman–Crippen LogP) is 1.51. The predicted molar refractivity (Wildman–Crippen MR) is 61.2 cm³/mol. The summed E-state index contributed by atoms with van der Waals surface area (Å²) in [6.45, 7) is 0.413. The summed E-state index contributed by atoms with van der Waals surface area (Å²) in [5.41, 5.74) is 0.878. The lowest BCUT2D eigenvalue weighted by molar-refractivity contribution is -0.117. The topological polar surface area (TPSA) is 40.5 Å². The minimum absolute atomic E-state index is 0.000697. The van der Waals surface area contributed by atoms with Crippen molar-refractivity contribution in [3.63, 3.8) is 0 Å². The molecular formula is C11H13NO2S. The van der Waals surface area contributed by atoms with Gasteiger partial charge in [0.15, 0.2) is 0 Å². The van der Waals surface area contributed by atoms with Crippen LogP contribution in [0.25, 0.3) is 0 Å². The summed E-state index contributed by atoms with van der Waals surface area (Å²) >= 11 is 1.64. The first-order chi connectivity index (χ1) is 7.20. The molecule has 0 aliphatic carbocycles. The average molecular weight is 223 g/mol. The van der Waals surface area contributed by atoms with E-state index in [1.165, 1.54) is 0 Å². The molecule has 1 heterocycles. The molecular weight excluding hydrogens is 210 g/mol. The number of aliphatic hydroxyl groups excluding tert-OH is 1. The van der Waals surface area contributed by atoms with E-state index in [-0.39, 0.29) is 12.3 Å². The maximum Gasteiger partial charge on any atom is 0.229 e. The van der Waals surface area contributed by atoms with Gasteiger partial charge in [-0.25, -0.2) is 0 Å². The van der Waals surface area contributed by atoms with E-state index in [2.05, 4.69) is 0 Å². The SMILES string of the molecule is CSc1cccc(N2CC(O)CC2=O)c1. The summed E-state index contributed by atoms with van der Waals surface area (Å²) in [5.74, 6) is 0.000697. The molecule has 4 heteroatoms. The highest BCUT2D eigenvalue weighted by atomic mass is 32.2. The molecule has 1 atom stereocenters. The van der Waals surface area contributed by atoms with Crippen molar-refractivity contribution in [3.8, 4) is 0 Å². The van der Waals surface area contributed by atoms with E-state index in [9.17, 15) is 9.90 Å². The van der Waals surface area contributed by atoms with E-state index < -0.39 is 6.10 Å². The second-order valence-electron chi connectivity index (χ2n) is 3.56. The highest BCUT2D eigenvalue weighted by Crippen LogP contribution is 2.25. The highest BCUT2D eigenvalue weighted by Gasteiger charge is 2.28. The molecule has 1 N–H and O–H groups in total. The molecule has 1 fully saturated rings. The first-order valence-electron chi connectivity index (χ1n) is 4.83. The molecule has 0 aromatic heterocycles. The zero-order valence-corrected chi connectivity index (χ0v) is 9.33. The fraction of sp³-hybridized carbons (Fsp3) is 0.364. The first kappa shape index (κ1) is 10.5. The van der Waals surface area contributed by atoms with Crippen molar-refractivity contribution >= 4 is 23.4 Å². The molecule has 0 radical (unpaired) electrons. The van der Waals surface area contributed by atoms with Gasteiger partial charge >= 0.3 is 0 Å². The summed E-state index contributed by atoms with van der Waals surface area (Å²) in [6, 6.07) is 7.81. The number of β-amino-alcohol motifs (C(OH)–C–C–N with tert-alkyl or cyclic N) is 1. The molecule has 1 amide bonds. The van der Waals surface area contributed by atoms with Crippen molar-refractivity contribution in [2.45, 2.75) is 17.4 Å². The van der Waals surface area contributed by atoms with E-state index in [1.807, 2.05) is 30.5 Å². The van der Waals surface area contributed by atoms with Crippen LogP contribution >= 0.6 is 11.8 Å². The summed E-state index contributed by atoms with van der Waals surface area (Å²) in [7, 11) is 0. The molecule has 1 saturated heterocycles. The second-order valence-corrected chi connectivity index (χ2v) is 4.44. The van der Waals surface area contributed by atoms with Crippen molar-refractivity contribution in [3.05, 3.63) is 24.3 Å². The van der Waals surface area contributed by atoms with Crippen molar-refractivity contribution < 1.29 is 9.90 Å². The lowest BCUT2D eigenvalue weighted by Gasteiger charge is -2.16. The molecule has 1 aliphatic rings. The minimum Gasteiger partial charge on any atom is -0.391 e. The van der Waals surface area contributed by atoms with Gasteiger partial charge in [-0.05, 0) is 24.5 Å². The largest absolute Gasteiger partial charge is 0.391 e. The van der Waals surface area contributed by atoms with Crippen LogP contribution in [0.5, 0.6) is 0 Å². The van der Waals surface area contributed by atoms with Crippen LogP contribution in [-0.2, 0) is 4.79 Å². The van der Waals surface area contributed by atoms with E-state index in [0.29, 0.717) is 6.54 Å². The fourth-order valence-electron chi connectivity index (χ4n) is 1.72. The van der Waals surface area contributed by atoms with Crippen LogP contribution < -0.4 is 4.90 Å². The standard InChI is InChI=1S/C11H13NO2S/c1-15-10-4-2-3-8(5-10)12-7-9(13)6-11(12)14/h2-5,9,13H,6-7H2,1H3. The van der Waals surface area contributed by atoms with E-state index in [0.717, 1.165) is 10.6 Å². The Morgan fingerprint density at radius 3 is 2.93 bits per heavy atom. The molecule has 0 saturated carbocycles. The molecule has 2 rings (SSSR count). The molecule has 0 bridgehead atoms. The van der Waals surface area contributed by atoms with Crippen molar-refractivity contribution in [2.75, 3.05) is 17.7 Å². The highest BCUT2D eigenvalue weighted by molar-refractivity contribution is 7.98. The molecule has 80 valence electrons. The smallest absolute Gasteiger partial charge is 0.229 e. The quantitative estimate of drug-likeness (QED) is 0.773. The number of aliphatic hydroxyl groups is 1. The molecule has 1 aromatic carbocycles. The van der Waals surface area contributed by atoms with Crippen molar-refractivity contribution in [1.29, 1.82) is 0 Å².